The lowest BCUT2D eigenvalue weighted by Gasteiger charge is -2.38. The molecule has 0 bridgehead atoms. The largest absolute Gasteiger partial charge is 0.508 e. The Bertz CT molecular complexity index is 1560. The van der Waals surface area contributed by atoms with E-state index in [0.29, 0.717) is 5.69 Å². The molecular weight excluding hydrogens is 456 g/mol. The number of phenolic OH excluding ortho intramolecular Hbond substituents is 1. The molecular formula is C29H26N2O3S. The van der Waals surface area contributed by atoms with E-state index in [1.807, 2.05) is 54.6 Å². The number of benzene rings is 4. The molecule has 1 aliphatic carbocycles. The predicted molar refractivity (Wildman–Crippen MR) is 140 cm³/mol. The van der Waals surface area contributed by atoms with E-state index in [1.165, 1.54) is 4.31 Å². The van der Waals surface area contributed by atoms with Crippen LogP contribution in [0.5, 0.6) is 5.75 Å². The van der Waals surface area contributed by atoms with E-state index >= 15 is 0 Å². The molecule has 0 fully saturated rings. The summed E-state index contributed by atoms with van der Waals surface area (Å²) in [6, 6.07) is 26.1. The third-order valence-corrected chi connectivity index (χ3v) is 9.15. The molecule has 4 aromatic rings. The fraction of sp³-hybridized carbons (Fsp3) is 0.172. The second kappa shape index (κ2) is 8.17. The summed E-state index contributed by atoms with van der Waals surface area (Å²) in [6.07, 6.45) is 5.20. The van der Waals surface area contributed by atoms with Gasteiger partial charge in [-0.15, -0.1) is 0 Å². The summed E-state index contributed by atoms with van der Waals surface area (Å²) in [5, 5.41) is 16.7. The van der Waals surface area contributed by atoms with Crippen molar-refractivity contribution in [1.82, 2.24) is 0 Å². The van der Waals surface area contributed by atoms with Crippen LogP contribution in [-0.4, -0.2) is 20.6 Å². The van der Waals surface area contributed by atoms with Crippen LogP contribution in [0.25, 0.3) is 10.8 Å². The highest BCUT2D eigenvalue weighted by molar-refractivity contribution is 7.92. The normalized spacial score (nSPS) is 20.8. The molecule has 6 heteroatoms. The molecule has 3 unspecified atom stereocenters. The summed E-state index contributed by atoms with van der Waals surface area (Å²) in [6.45, 7) is 0. The molecule has 3 atom stereocenters. The van der Waals surface area contributed by atoms with Crippen molar-refractivity contribution in [1.29, 1.82) is 0 Å². The number of rotatable bonds is 4. The lowest BCUT2D eigenvalue weighted by Crippen LogP contribution is -2.30. The molecule has 2 aliphatic rings. The van der Waals surface area contributed by atoms with Gasteiger partial charge in [0, 0.05) is 24.2 Å². The van der Waals surface area contributed by atoms with Crippen LogP contribution in [0.4, 0.5) is 11.4 Å². The Morgan fingerprint density at radius 2 is 1.71 bits per heavy atom. The molecule has 5 nitrogen and oxygen atoms in total. The minimum Gasteiger partial charge on any atom is -0.508 e. The smallest absolute Gasteiger partial charge is 0.264 e. The summed E-state index contributed by atoms with van der Waals surface area (Å²) < 4.78 is 28.2. The molecule has 0 radical (unpaired) electrons. The van der Waals surface area contributed by atoms with Crippen LogP contribution in [0.3, 0.4) is 0 Å². The number of para-hydroxylation sites is 1. The Balaban J connectivity index is 1.43. The summed E-state index contributed by atoms with van der Waals surface area (Å²) in [5.74, 6) is 0.509. The maximum atomic E-state index is 13.4. The highest BCUT2D eigenvalue weighted by atomic mass is 32.2. The van der Waals surface area contributed by atoms with Crippen LogP contribution < -0.4 is 9.62 Å². The number of aromatic hydroxyl groups is 1. The van der Waals surface area contributed by atoms with Gasteiger partial charge in [0.05, 0.1) is 16.6 Å². The minimum absolute atomic E-state index is 0.0619. The SMILES string of the molecule is CN(c1ccccc1)S(=O)(=O)c1ccc2c(c1)C1C=CCC1C(c1c(O)ccc3ccccc13)N2. The number of phenols is 1. The Kier molecular flexibility index (Phi) is 5.07. The molecule has 0 amide bonds. The van der Waals surface area contributed by atoms with Gasteiger partial charge in [0.25, 0.3) is 10.0 Å². The first-order valence-electron chi connectivity index (χ1n) is 11.8. The number of anilines is 2. The van der Waals surface area contributed by atoms with E-state index in [0.717, 1.165) is 34.0 Å². The molecule has 0 spiro atoms. The maximum absolute atomic E-state index is 13.4. The highest BCUT2D eigenvalue weighted by Gasteiger charge is 2.40. The summed E-state index contributed by atoms with van der Waals surface area (Å²) >= 11 is 0. The first-order valence-corrected chi connectivity index (χ1v) is 13.2. The van der Waals surface area contributed by atoms with Crippen molar-refractivity contribution < 1.29 is 13.5 Å². The van der Waals surface area contributed by atoms with Gasteiger partial charge in [0.2, 0.25) is 0 Å². The van der Waals surface area contributed by atoms with Gasteiger partial charge in [-0.2, -0.15) is 0 Å². The number of hydrogen-bond donors (Lipinski definition) is 2. The number of nitrogens with one attached hydrogen (secondary N) is 1. The molecule has 4 aromatic carbocycles. The summed E-state index contributed by atoms with van der Waals surface area (Å²) in [7, 11) is -2.13. The molecule has 176 valence electrons. The van der Waals surface area contributed by atoms with E-state index < -0.39 is 10.0 Å². The van der Waals surface area contributed by atoms with Gasteiger partial charge in [-0.1, -0.05) is 60.7 Å². The molecule has 1 aliphatic heterocycles. The fourth-order valence-corrected chi connectivity index (χ4v) is 6.80. The van der Waals surface area contributed by atoms with E-state index in [2.05, 4.69) is 23.5 Å². The Hall–Kier alpha value is -3.77. The number of allylic oxidation sites excluding steroid dienone is 2. The number of hydrogen-bond acceptors (Lipinski definition) is 4. The first kappa shape index (κ1) is 21.7. The lowest BCUT2D eigenvalue weighted by molar-refractivity contribution is 0.404. The molecule has 0 aromatic heterocycles. The van der Waals surface area contributed by atoms with Crippen molar-refractivity contribution in [2.45, 2.75) is 23.3 Å². The van der Waals surface area contributed by atoms with Crippen LogP contribution in [0.15, 0.2) is 102 Å². The summed E-state index contributed by atoms with van der Waals surface area (Å²) in [5.41, 5.74) is 3.39. The fourth-order valence-electron chi connectivity index (χ4n) is 5.56. The van der Waals surface area contributed by atoms with Crippen LogP contribution in [-0.2, 0) is 10.0 Å². The number of sulfonamides is 1. The molecule has 0 saturated carbocycles. The topological polar surface area (TPSA) is 69.6 Å². The van der Waals surface area contributed by atoms with Crippen molar-refractivity contribution in [2.24, 2.45) is 5.92 Å². The van der Waals surface area contributed by atoms with Crippen LogP contribution >= 0.6 is 0 Å². The van der Waals surface area contributed by atoms with E-state index in [-0.39, 0.29) is 28.5 Å². The zero-order valence-corrected chi connectivity index (χ0v) is 20.1. The Labute approximate surface area is 205 Å². The van der Waals surface area contributed by atoms with Crippen molar-refractivity contribution in [3.8, 4) is 5.75 Å². The second-order valence-corrected chi connectivity index (χ2v) is 11.2. The summed E-state index contributed by atoms with van der Waals surface area (Å²) in [4.78, 5) is 0.273. The monoisotopic (exact) mass is 482 g/mol. The second-order valence-electron chi connectivity index (χ2n) is 9.25. The number of fused-ring (bicyclic) bond motifs is 4. The van der Waals surface area contributed by atoms with Crippen LogP contribution in [0.1, 0.15) is 29.5 Å². The quantitative estimate of drug-likeness (QED) is 0.340. The van der Waals surface area contributed by atoms with Gasteiger partial charge in [-0.05, 0) is 65.1 Å². The van der Waals surface area contributed by atoms with Gasteiger partial charge < -0.3 is 10.4 Å². The average Bonchev–Trinajstić information content (AvgIpc) is 3.39. The van der Waals surface area contributed by atoms with Crippen LogP contribution in [0.2, 0.25) is 0 Å². The zero-order chi connectivity index (χ0) is 24.2. The van der Waals surface area contributed by atoms with Crippen molar-refractivity contribution in [2.75, 3.05) is 16.7 Å². The van der Waals surface area contributed by atoms with Crippen LogP contribution in [0, 0.1) is 5.92 Å². The molecule has 1 heterocycles. The molecule has 2 N–H and O–H groups in total. The highest BCUT2D eigenvalue weighted by Crippen LogP contribution is 2.52. The Morgan fingerprint density at radius 1 is 0.943 bits per heavy atom. The van der Waals surface area contributed by atoms with Gasteiger partial charge in [-0.3, -0.25) is 4.31 Å². The predicted octanol–water partition coefficient (Wildman–Crippen LogP) is 6.20. The minimum atomic E-state index is -3.71. The molecule has 0 saturated heterocycles. The van der Waals surface area contributed by atoms with Gasteiger partial charge in [0.1, 0.15) is 5.75 Å². The van der Waals surface area contributed by atoms with E-state index in [1.54, 1.807) is 31.3 Å². The third-order valence-electron chi connectivity index (χ3n) is 7.37. The van der Waals surface area contributed by atoms with Crippen molar-refractivity contribution >= 4 is 32.2 Å². The van der Waals surface area contributed by atoms with Gasteiger partial charge in [-0.25, -0.2) is 8.42 Å². The van der Waals surface area contributed by atoms with Gasteiger partial charge >= 0.3 is 0 Å². The average molecular weight is 483 g/mol. The van der Waals surface area contributed by atoms with Crippen molar-refractivity contribution in [3.63, 3.8) is 0 Å². The number of nitrogens with zero attached hydrogens (tertiary/aromatic N) is 1. The standard InChI is InChI=1S/C29H26N2O3S/c1-31(20-9-3-2-4-10-20)35(33,34)21-15-16-26-25(18-21)23-12-7-13-24(23)29(30-26)28-22-11-6-5-8-19(22)14-17-27(28)32/h2-12,14-18,23-24,29-30,32H,13H2,1H3. The van der Waals surface area contributed by atoms with Gasteiger partial charge in [0.15, 0.2) is 0 Å². The maximum Gasteiger partial charge on any atom is 0.264 e. The first-order chi connectivity index (χ1) is 16.9. The molecule has 35 heavy (non-hydrogen) atoms. The molecule has 6 rings (SSSR count). The van der Waals surface area contributed by atoms with Crippen molar-refractivity contribution in [3.05, 3.63) is 108 Å². The van der Waals surface area contributed by atoms with E-state index in [9.17, 15) is 13.5 Å². The third kappa shape index (κ3) is 3.48. The Morgan fingerprint density at radius 3 is 2.54 bits per heavy atom. The lowest BCUT2D eigenvalue weighted by atomic mass is 9.76. The zero-order valence-electron chi connectivity index (χ0n) is 19.3. The van der Waals surface area contributed by atoms with E-state index in [4.69, 9.17) is 0 Å².